The number of nitrogens with zero attached hydrogens (tertiary/aromatic N) is 7. The quantitative estimate of drug-likeness (QED) is 0.650. The SMILES string of the molecule is O=C(c1ccccc1Br)N1CCN(c2cc(-n3cncn3)ncn2)CC1. The van der Waals surface area contributed by atoms with Gasteiger partial charge in [-0.3, -0.25) is 4.79 Å². The Balaban J connectivity index is 1.45. The minimum Gasteiger partial charge on any atom is -0.353 e. The van der Waals surface area contributed by atoms with Crippen LogP contribution in [0.5, 0.6) is 0 Å². The van der Waals surface area contributed by atoms with Crippen molar-refractivity contribution >= 4 is 27.7 Å². The Morgan fingerprint density at radius 3 is 2.50 bits per heavy atom. The summed E-state index contributed by atoms with van der Waals surface area (Å²) in [6, 6.07) is 9.38. The number of hydrogen-bond donors (Lipinski definition) is 0. The Labute approximate surface area is 158 Å². The van der Waals surface area contributed by atoms with Crippen LogP contribution < -0.4 is 4.90 Å². The van der Waals surface area contributed by atoms with Crippen molar-refractivity contribution in [3.05, 3.63) is 59.3 Å². The van der Waals surface area contributed by atoms with Gasteiger partial charge in [0.2, 0.25) is 0 Å². The summed E-state index contributed by atoms with van der Waals surface area (Å²) >= 11 is 3.45. The zero-order chi connectivity index (χ0) is 17.9. The zero-order valence-electron chi connectivity index (χ0n) is 13.9. The molecule has 1 fully saturated rings. The molecule has 26 heavy (non-hydrogen) atoms. The molecule has 1 aliphatic rings. The average molecular weight is 414 g/mol. The van der Waals surface area contributed by atoms with Gasteiger partial charge in [0.15, 0.2) is 5.82 Å². The summed E-state index contributed by atoms with van der Waals surface area (Å²) in [7, 11) is 0. The molecule has 132 valence electrons. The van der Waals surface area contributed by atoms with Gasteiger partial charge in [-0.15, -0.1) is 0 Å². The van der Waals surface area contributed by atoms with Crippen LogP contribution in [0.4, 0.5) is 5.82 Å². The summed E-state index contributed by atoms with van der Waals surface area (Å²) < 4.78 is 2.42. The van der Waals surface area contributed by atoms with Gasteiger partial charge in [-0.25, -0.2) is 19.6 Å². The highest BCUT2D eigenvalue weighted by molar-refractivity contribution is 9.10. The summed E-state index contributed by atoms with van der Waals surface area (Å²) in [6.45, 7) is 2.71. The number of benzene rings is 1. The summed E-state index contributed by atoms with van der Waals surface area (Å²) in [5.74, 6) is 1.53. The second-order valence-corrected chi connectivity index (χ2v) is 6.69. The van der Waals surface area contributed by atoms with E-state index in [-0.39, 0.29) is 5.91 Å². The van der Waals surface area contributed by atoms with Gasteiger partial charge in [-0.2, -0.15) is 5.10 Å². The van der Waals surface area contributed by atoms with Crippen LogP contribution >= 0.6 is 15.9 Å². The fourth-order valence-electron chi connectivity index (χ4n) is 2.91. The largest absolute Gasteiger partial charge is 0.353 e. The number of hydrogen-bond acceptors (Lipinski definition) is 6. The van der Waals surface area contributed by atoms with Crippen molar-refractivity contribution in [2.75, 3.05) is 31.1 Å². The number of anilines is 1. The van der Waals surface area contributed by atoms with Crippen LogP contribution in [0, 0.1) is 0 Å². The maximum absolute atomic E-state index is 12.7. The van der Waals surface area contributed by atoms with E-state index in [9.17, 15) is 4.79 Å². The average Bonchev–Trinajstić information content (AvgIpc) is 3.23. The first-order valence-corrected chi connectivity index (χ1v) is 8.97. The number of halogens is 1. The molecule has 0 bridgehead atoms. The molecule has 0 N–H and O–H groups in total. The van der Waals surface area contributed by atoms with Crippen molar-refractivity contribution in [2.45, 2.75) is 0 Å². The lowest BCUT2D eigenvalue weighted by molar-refractivity contribution is 0.0745. The van der Waals surface area contributed by atoms with Crippen LogP contribution in [0.15, 0.2) is 53.8 Å². The molecule has 0 radical (unpaired) electrons. The molecule has 1 amide bonds. The number of carbonyl (C=O) groups is 1. The van der Waals surface area contributed by atoms with Crippen LogP contribution in [0.25, 0.3) is 5.82 Å². The smallest absolute Gasteiger partial charge is 0.255 e. The van der Waals surface area contributed by atoms with Crippen molar-refractivity contribution in [3.63, 3.8) is 0 Å². The molecule has 4 rings (SSSR count). The van der Waals surface area contributed by atoms with E-state index in [1.807, 2.05) is 35.2 Å². The van der Waals surface area contributed by atoms with E-state index in [4.69, 9.17) is 0 Å². The summed E-state index contributed by atoms with van der Waals surface area (Å²) in [5, 5.41) is 4.09. The van der Waals surface area contributed by atoms with E-state index >= 15 is 0 Å². The molecule has 1 aromatic carbocycles. The van der Waals surface area contributed by atoms with Gasteiger partial charge < -0.3 is 9.80 Å². The maximum Gasteiger partial charge on any atom is 0.255 e. The minimum absolute atomic E-state index is 0.0446. The third kappa shape index (κ3) is 3.30. The molecule has 3 heterocycles. The van der Waals surface area contributed by atoms with E-state index in [2.05, 4.69) is 40.9 Å². The third-order valence-corrected chi connectivity index (χ3v) is 4.98. The highest BCUT2D eigenvalue weighted by Crippen LogP contribution is 2.20. The molecular weight excluding hydrogens is 398 g/mol. The molecule has 3 aromatic rings. The van der Waals surface area contributed by atoms with E-state index in [0.29, 0.717) is 37.6 Å². The molecule has 1 saturated heterocycles. The predicted octanol–water partition coefficient (Wildman–Crippen LogP) is 1.78. The molecule has 0 unspecified atom stereocenters. The van der Waals surface area contributed by atoms with E-state index < -0.39 is 0 Å². The molecule has 0 saturated carbocycles. The van der Waals surface area contributed by atoms with Gasteiger partial charge in [0.1, 0.15) is 24.8 Å². The van der Waals surface area contributed by atoms with Gasteiger partial charge in [0.05, 0.1) is 5.56 Å². The lowest BCUT2D eigenvalue weighted by Crippen LogP contribution is -2.49. The van der Waals surface area contributed by atoms with Crippen LogP contribution in [-0.2, 0) is 0 Å². The number of amides is 1. The number of carbonyl (C=O) groups excluding carboxylic acids is 1. The van der Waals surface area contributed by atoms with Crippen molar-refractivity contribution in [1.82, 2.24) is 29.6 Å². The van der Waals surface area contributed by atoms with Crippen LogP contribution in [0.1, 0.15) is 10.4 Å². The molecule has 9 heteroatoms. The Morgan fingerprint density at radius 2 is 1.77 bits per heavy atom. The predicted molar refractivity (Wildman–Crippen MR) is 99.2 cm³/mol. The van der Waals surface area contributed by atoms with Gasteiger partial charge in [0.25, 0.3) is 5.91 Å². The first kappa shape index (κ1) is 16.6. The minimum atomic E-state index is 0.0446. The number of rotatable bonds is 3. The highest BCUT2D eigenvalue weighted by atomic mass is 79.9. The lowest BCUT2D eigenvalue weighted by atomic mass is 10.2. The van der Waals surface area contributed by atoms with Crippen molar-refractivity contribution in [2.24, 2.45) is 0 Å². The normalized spacial score (nSPS) is 14.5. The molecule has 8 nitrogen and oxygen atoms in total. The molecule has 0 spiro atoms. The van der Waals surface area contributed by atoms with Crippen LogP contribution in [0.2, 0.25) is 0 Å². The Hall–Kier alpha value is -2.81. The lowest BCUT2D eigenvalue weighted by Gasteiger charge is -2.35. The van der Waals surface area contributed by atoms with Gasteiger partial charge in [-0.1, -0.05) is 12.1 Å². The molecule has 2 aromatic heterocycles. The monoisotopic (exact) mass is 413 g/mol. The first-order valence-electron chi connectivity index (χ1n) is 8.18. The summed E-state index contributed by atoms with van der Waals surface area (Å²) in [6.07, 6.45) is 4.58. The topological polar surface area (TPSA) is 80.0 Å². The second-order valence-electron chi connectivity index (χ2n) is 5.83. The molecule has 0 aliphatic carbocycles. The van der Waals surface area contributed by atoms with Crippen LogP contribution in [-0.4, -0.2) is 61.7 Å². The fourth-order valence-corrected chi connectivity index (χ4v) is 3.36. The maximum atomic E-state index is 12.7. The summed E-state index contributed by atoms with van der Waals surface area (Å²) in [5.41, 5.74) is 0.691. The first-order chi connectivity index (χ1) is 12.7. The van der Waals surface area contributed by atoms with Crippen molar-refractivity contribution in [3.8, 4) is 5.82 Å². The number of aromatic nitrogens is 5. The number of piperazine rings is 1. The van der Waals surface area contributed by atoms with Gasteiger partial charge in [-0.05, 0) is 28.1 Å². The second kappa shape index (κ2) is 7.20. The molecular formula is C17H16BrN7O. The molecule has 1 aliphatic heterocycles. The standard InChI is InChI=1S/C17H16BrN7O/c18-14-4-2-1-3-13(14)17(26)24-7-5-23(6-8-24)15-9-16(21-11-20-15)25-12-19-10-22-25/h1-4,9-12H,5-8H2. The Kier molecular flexibility index (Phi) is 4.61. The van der Waals surface area contributed by atoms with Crippen LogP contribution in [0.3, 0.4) is 0 Å². The Morgan fingerprint density at radius 1 is 1.00 bits per heavy atom. The van der Waals surface area contributed by atoms with E-state index in [1.54, 1.807) is 11.0 Å². The van der Waals surface area contributed by atoms with E-state index in [1.165, 1.54) is 12.7 Å². The van der Waals surface area contributed by atoms with E-state index in [0.717, 1.165) is 10.3 Å². The zero-order valence-corrected chi connectivity index (χ0v) is 15.4. The molecule has 0 atom stereocenters. The fraction of sp³-hybridized carbons (Fsp3) is 0.235. The van der Waals surface area contributed by atoms with Gasteiger partial charge >= 0.3 is 0 Å². The highest BCUT2D eigenvalue weighted by Gasteiger charge is 2.24. The summed E-state index contributed by atoms with van der Waals surface area (Å²) in [4.78, 5) is 29.2. The van der Waals surface area contributed by atoms with Crippen molar-refractivity contribution < 1.29 is 4.79 Å². The van der Waals surface area contributed by atoms with Gasteiger partial charge in [0, 0.05) is 36.7 Å². The Bertz CT molecular complexity index is 907. The van der Waals surface area contributed by atoms with Crippen molar-refractivity contribution in [1.29, 1.82) is 0 Å². The third-order valence-electron chi connectivity index (χ3n) is 4.29.